The first kappa shape index (κ1) is 28.7. The van der Waals surface area contributed by atoms with E-state index >= 15 is 0 Å². The molecule has 0 saturated carbocycles. The van der Waals surface area contributed by atoms with E-state index in [0.717, 1.165) is 49.3 Å². The number of esters is 2. The molecular weight excluding hydrogens is 456 g/mol. The molecule has 2 atom stereocenters. The van der Waals surface area contributed by atoms with Gasteiger partial charge in [-0.15, -0.1) is 0 Å². The lowest BCUT2D eigenvalue weighted by molar-refractivity contribution is -0.122. The van der Waals surface area contributed by atoms with Crippen molar-refractivity contribution in [2.75, 3.05) is 0 Å². The summed E-state index contributed by atoms with van der Waals surface area (Å²) in [4.78, 5) is 49.4. The van der Waals surface area contributed by atoms with Crippen molar-refractivity contribution in [1.82, 2.24) is 0 Å². The molecule has 0 aliphatic rings. The van der Waals surface area contributed by atoms with Crippen molar-refractivity contribution >= 4 is 34.3 Å². The molecular formula is C30H36O6. The average molecular weight is 493 g/mol. The van der Waals surface area contributed by atoms with E-state index in [1.807, 2.05) is 0 Å². The smallest absolute Gasteiger partial charge is 0.338 e. The molecule has 0 radical (unpaired) electrons. The molecule has 0 aromatic heterocycles. The van der Waals surface area contributed by atoms with Gasteiger partial charge in [-0.05, 0) is 73.9 Å². The molecule has 0 amide bonds. The van der Waals surface area contributed by atoms with Crippen molar-refractivity contribution in [3.05, 3.63) is 71.8 Å². The number of ketones is 2. The van der Waals surface area contributed by atoms with Crippen molar-refractivity contribution in [3.63, 3.8) is 0 Å². The van der Waals surface area contributed by atoms with Gasteiger partial charge in [-0.2, -0.15) is 0 Å². The third-order valence-corrected chi connectivity index (χ3v) is 5.69. The summed E-state index contributed by atoms with van der Waals surface area (Å²) in [5, 5.41) is 1.45. The molecule has 192 valence electrons. The minimum atomic E-state index is -0.880. The minimum Gasteiger partial charge on any atom is -0.451 e. The maximum absolute atomic E-state index is 12.5. The van der Waals surface area contributed by atoms with Crippen LogP contribution in [0.5, 0.6) is 0 Å². The zero-order valence-electron chi connectivity index (χ0n) is 21.6. The van der Waals surface area contributed by atoms with Crippen LogP contribution in [-0.4, -0.2) is 35.7 Å². The predicted molar refractivity (Wildman–Crippen MR) is 141 cm³/mol. The van der Waals surface area contributed by atoms with Crippen LogP contribution in [0.25, 0.3) is 10.8 Å². The van der Waals surface area contributed by atoms with Gasteiger partial charge < -0.3 is 9.47 Å². The Morgan fingerprint density at radius 3 is 1.44 bits per heavy atom. The number of allylic oxidation sites excluding steroid dienone is 2. The number of rotatable bonds is 14. The van der Waals surface area contributed by atoms with Crippen molar-refractivity contribution in [2.45, 2.75) is 78.4 Å². The summed E-state index contributed by atoms with van der Waals surface area (Å²) in [6, 6.07) is 9.86. The van der Waals surface area contributed by atoms with Crippen molar-refractivity contribution in [3.8, 4) is 0 Å². The largest absolute Gasteiger partial charge is 0.451 e. The van der Waals surface area contributed by atoms with Crippen molar-refractivity contribution in [1.29, 1.82) is 0 Å². The van der Waals surface area contributed by atoms with Crippen LogP contribution in [-0.2, 0) is 19.1 Å². The number of carbonyl (C=O) groups is 4. The third-order valence-electron chi connectivity index (χ3n) is 5.69. The fourth-order valence-electron chi connectivity index (χ4n) is 3.39. The van der Waals surface area contributed by atoms with Crippen LogP contribution in [0, 0.1) is 0 Å². The summed E-state index contributed by atoms with van der Waals surface area (Å²) in [5.74, 6) is -1.70. The van der Waals surface area contributed by atoms with Crippen molar-refractivity contribution < 1.29 is 28.7 Å². The number of hydrogen-bond acceptors (Lipinski definition) is 6. The summed E-state index contributed by atoms with van der Waals surface area (Å²) < 4.78 is 10.6. The quantitative estimate of drug-likeness (QED) is 0.169. The summed E-state index contributed by atoms with van der Waals surface area (Å²) >= 11 is 0. The Labute approximate surface area is 213 Å². The van der Waals surface area contributed by atoms with Gasteiger partial charge in [0.25, 0.3) is 0 Å². The number of hydrogen-bond donors (Lipinski definition) is 0. The lowest BCUT2D eigenvalue weighted by atomic mass is 10.0. The Morgan fingerprint density at radius 1 is 0.694 bits per heavy atom. The number of benzene rings is 2. The van der Waals surface area contributed by atoms with Gasteiger partial charge in [-0.3, -0.25) is 9.59 Å². The van der Waals surface area contributed by atoms with E-state index in [4.69, 9.17) is 9.47 Å². The van der Waals surface area contributed by atoms with Crippen LogP contribution in [0.2, 0.25) is 0 Å². The van der Waals surface area contributed by atoms with Crippen LogP contribution in [0.15, 0.2) is 60.7 Å². The molecule has 0 spiro atoms. The molecule has 6 nitrogen and oxygen atoms in total. The highest BCUT2D eigenvalue weighted by atomic mass is 16.5. The zero-order chi connectivity index (χ0) is 26.5. The molecule has 0 bridgehead atoms. The predicted octanol–water partition coefficient (Wildman–Crippen LogP) is 6.56. The first-order chi connectivity index (χ1) is 17.3. The van der Waals surface area contributed by atoms with E-state index in [2.05, 4.69) is 13.8 Å². The van der Waals surface area contributed by atoms with Gasteiger partial charge in [0.05, 0.1) is 11.1 Å². The summed E-state index contributed by atoms with van der Waals surface area (Å²) in [6.45, 7) is 7.26. The SMILES string of the molecule is CCCC/C=C/C(=O)[C@H](C)OC(=O)c1ccc2cc(C(=O)O[C@@H](C)C(=O)/C=C/CCCC)ccc2c1. The molecule has 6 heteroatoms. The third kappa shape index (κ3) is 8.91. The molecule has 0 aliphatic heterocycles. The fraction of sp³-hybridized carbons (Fsp3) is 0.400. The normalized spacial score (nSPS) is 13.1. The first-order valence-corrected chi connectivity index (χ1v) is 12.6. The highest BCUT2D eigenvalue weighted by Crippen LogP contribution is 2.20. The molecule has 0 saturated heterocycles. The standard InChI is InChI=1S/C30H36O6/c1-5-7-9-11-13-27(31)21(3)35-29(33)25-17-15-24-20-26(18-16-23(24)19-25)30(34)36-22(4)28(32)14-12-10-8-6-2/h11-22H,5-10H2,1-4H3/b13-11+,14-12+/t21-,22-/m0/s1. The molecule has 0 heterocycles. The van der Waals surface area contributed by atoms with Gasteiger partial charge >= 0.3 is 11.9 Å². The van der Waals surface area contributed by atoms with Gasteiger partial charge in [0.15, 0.2) is 23.8 Å². The maximum atomic E-state index is 12.5. The van der Waals surface area contributed by atoms with Gasteiger partial charge in [-0.25, -0.2) is 9.59 Å². The Balaban J connectivity index is 2.01. The molecule has 0 unspecified atom stereocenters. The Hall–Kier alpha value is -3.54. The van der Waals surface area contributed by atoms with Crippen molar-refractivity contribution in [2.24, 2.45) is 0 Å². The molecule has 2 aromatic rings. The summed E-state index contributed by atoms with van der Waals surface area (Å²) in [6.07, 6.45) is 10.5. The highest BCUT2D eigenvalue weighted by Gasteiger charge is 2.19. The number of ether oxygens (including phenoxy) is 2. The van der Waals surface area contributed by atoms with Gasteiger partial charge in [0, 0.05) is 0 Å². The Morgan fingerprint density at radius 2 is 1.08 bits per heavy atom. The van der Waals surface area contributed by atoms with Crippen LogP contribution in [0.1, 0.15) is 86.9 Å². The maximum Gasteiger partial charge on any atom is 0.338 e. The van der Waals surface area contributed by atoms with E-state index in [1.54, 1.807) is 62.4 Å². The van der Waals surface area contributed by atoms with Crippen LogP contribution in [0.4, 0.5) is 0 Å². The van der Waals surface area contributed by atoms with E-state index in [1.165, 1.54) is 12.2 Å². The number of carbonyl (C=O) groups excluding carboxylic acids is 4. The van der Waals surface area contributed by atoms with Gasteiger partial charge in [0.2, 0.25) is 0 Å². The van der Waals surface area contributed by atoms with E-state index < -0.39 is 24.1 Å². The Bertz CT molecular complexity index is 1040. The average Bonchev–Trinajstić information content (AvgIpc) is 2.87. The lowest BCUT2D eigenvalue weighted by Gasteiger charge is -2.12. The van der Waals surface area contributed by atoms with E-state index in [-0.39, 0.29) is 11.6 Å². The van der Waals surface area contributed by atoms with Crippen LogP contribution < -0.4 is 0 Å². The molecule has 0 N–H and O–H groups in total. The second-order valence-corrected chi connectivity index (χ2v) is 8.77. The number of unbranched alkanes of at least 4 members (excludes halogenated alkanes) is 4. The Kier molecular flexibility index (Phi) is 11.8. The summed E-state index contributed by atoms with van der Waals surface area (Å²) in [5.41, 5.74) is 0.614. The number of fused-ring (bicyclic) bond motifs is 1. The highest BCUT2D eigenvalue weighted by molar-refractivity contribution is 6.01. The summed E-state index contributed by atoms with van der Waals surface area (Å²) in [7, 11) is 0. The van der Waals surface area contributed by atoms with Gasteiger partial charge in [0.1, 0.15) is 0 Å². The monoisotopic (exact) mass is 492 g/mol. The minimum absolute atomic E-state index is 0.257. The lowest BCUT2D eigenvalue weighted by Crippen LogP contribution is -2.23. The van der Waals surface area contributed by atoms with Crippen LogP contribution >= 0.6 is 0 Å². The second kappa shape index (κ2) is 14.8. The molecule has 36 heavy (non-hydrogen) atoms. The molecule has 0 aliphatic carbocycles. The molecule has 2 rings (SSSR count). The van der Waals surface area contributed by atoms with E-state index in [9.17, 15) is 19.2 Å². The van der Waals surface area contributed by atoms with Gasteiger partial charge in [-0.1, -0.05) is 63.8 Å². The topological polar surface area (TPSA) is 86.7 Å². The molecule has 2 aromatic carbocycles. The zero-order valence-corrected chi connectivity index (χ0v) is 21.6. The molecule has 0 fully saturated rings. The fourth-order valence-corrected chi connectivity index (χ4v) is 3.39. The first-order valence-electron chi connectivity index (χ1n) is 12.6. The van der Waals surface area contributed by atoms with E-state index in [0.29, 0.717) is 11.1 Å². The van der Waals surface area contributed by atoms with Crippen LogP contribution in [0.3, 0.4) is 0 Å². The second-order valence-electron chi connectivity index (χ2n) is 8.77.